The molecule has 4 aliphatic carbocycles. The quantitative estimate of drug-likeness (QED) is 0.124. The van der Waals surface area contributed by atoms with Gasteiger partial charge in [0, 0.05) is 82.5 Å². The topological polar surface area (TPSA) is 279 Å². The number of carbonyl (C=O) groups is 12. The van der Waals surface area contributed by atoms with Crippen molar-refractivity contribution in [2.45, 2.75) is 266 Å². The summed E-state index contributed by atoms with van der Waals surface area (Å²) in [6.45, 7) is 5.12. The van der Waals surface area contributed by atoms with Gasteiger partial charge < -0.3 is 64.8 Å². The Hall–Kier alpha value is -7.22. The van der Waals surface area contributed by atoms with Crippen LogP contribution < -0.4 is 16.0 Å². The minimum absolute atomic E-state index is 0.00407. The van der Waals surface area contributed by atoms with Gasteiger partial charge in [-0.05, 0) is 140 Å². The molecule has 12 atom stereocenters. The molecule has 1 spiro atoms. The molecule has 0 aromatic heterocycles. The zero-order valence-corrected chi connectivity index (χ0v) is 64.8. The van der Waals surface area contributed by atoms with Gasteiger partial charge in [-0.2, -0.15) is 26.3 Å². The van der Waals surface area contributed by atoms with Crippen LogP contribution in [-0.2, 0) is 62.3 Å². The summed E-state index contributed by atoms with van der Waals surface area (Å²) in [5.41, 5.74) is -1.69. The Morgan fingerprint density at radius 3 is 1.83 bits per heavy atom. The van der Waals surface area contributed by atoms with Crippen LogP contribution in [0.2, 0.25) is 0 Å². The van der Waals surface area contributed by atoms with E-state index in [-0.39, 0.29) is 96.7 Å². The molecular weight excluding hydrogens is 1430 g/mol. The molecule has 25 nitrogen and oxygen atoms in total. The number of nitrogens with zero attached hydrogens (tertiary/aromatic N) is 9. The maximum atomic E-state index is 15.5. The molecule has 7 aliphatic rings. The monoisotopic (exact) mass is 1540 g/mol. The van der Waals surface area contributed by atoms with Crippen LogP contribution in [0, 0.1) is 35.5 Å². The van der Waals surface area contributed by atoms with E-state index < -0.39 is 230 Å². The second-order valence-corrected chi connectivity index (χ2v) is 31.7. The summed E-state index contributed by atoms with van der Waals surface area (Å²) in [5, 5.41) is 8.41. The highest BCUT2D eigenvalue weighted by Gasteiger charge is 2.56. The Labute approximate surface area is 629 Å². The number of hydrogen-bond donors (Lipinski definition) is 3. The fourth-order valence-corrected chi connectivity index (χ4v) is 17.0. The van der Waals surface area contributed by atoms with Crippen LogP contribution in [0.3, 0.4) is 0 Å². The number of ether oxygens (including phenoxy) is 1. The van der Waals surface area contributed by atoms with E-state index in [0.29, 0.717) is 51.4 Å². The van der Waals surface area contributed by atoms with Gasteiger partial charge in [-0.15, -0.1) is 0 Å². The van der Waals surface area contributed by atoms with Gasteiger partial charge in [-0.25, -0.2) is 8.78 Å². The molecule has 0 aromatic carbocycles. The number of halogens is 8. The Balaban J connectivity index is 1.32. The van der Waals surface area contributed by atoms with E-state index in [1.54, 1.807) is 32.9 Å². The van der Waals surface area contributed by atoms with Crippen molar-refractivity contribution in [2.24, 2.45) is 35.5 Å². The van der Waals surface area contributed by atoms with Crippen molar-refractivity contribution in [3.63, 3.8) is 0 Å². The van der Waals surface area contributed by atoms with E-state index in [2.05, 4.69) is 16.0 Å². The van der Waals surface area contributed by atoms with Crippen molar-refractivity contribution in [3.05, 3.63) is 12.2 Å². The Bertz CT molecular complexity index is 3210. The normalized spacial score (nSPS) is 31.9. The van der Waals surface area contributed by atoms with E-state index in [1.807, 2.05) is 6.92 Å². The molecule has 33 heteroatoms. The summed E-state index contributed by atoms with van der Waals surface area (Å²) in [7, 11) is 10.9. The highest BCUT2D eigenvalue weighted by molar-refractivity contribution is 6.01. The highest BCUT2D eigenvalue weighted by Crippen LogP contribution is 2.46. The molecule has 2 saturated heterocycles. The Morgan fingerprint density at radius 1 is 0.639 bits per heavy atom. The molecule has 4 saturated carbocycles. The third-order valence-electron chi connectivity index (χ3n) is 24.0. The fourth-order valence-electron chi connectivity index (χ4n) is 17.0. The SMILES string of the molecule is CCCC[C@H]1C(=O)N[C@@H]([C@@H](C)CC)C(=O)N(C)CC(=O)N(C)[C@H]2C/C=C\CCN(C2=O)[C@@H](CC2CCC(C(F)(F)F)CC2)C(=O)N(C)CC(=O)N[C@@H](CCC2CC(F)C(C(F)(F)F)C(F)C2)C(=O)N2C[C@H](OCC)C[C@H]2C(=O)NC2(CCC2)C(=O)N(C)[C@@H](C2CCCC2)C(=O)N(C)[C@H](C(=O)N(C)C)CC(=O)N1C. The number of amides is 12. The maximum absolute atomic E-state index is 15.5. The van der Waals surface area contributed by atoms with Crippen molar-refractivity contribution in [1.29, 1.82) is 0 Å². The molecule has 610 valence electrons. The Kier molecular flexibility index (Phi) is 31.1. The number of carbonyl (C=O) groups excluding carboxylic acids is 12. The largest absolute Gasteiger partial charge is 0.397 e. The van der Waals surface area contributed by atoms with Crippen LogP contribution in [0.15, 0.2) is 12.2 Å². The number of rotatable bonds is 14. The maximum Gasteiger partial charge on any atom is 0.397 e. The lowest BCUT2D eigenvalue weighted by molar-refractivity contribution is -0.219. The summed E-state index contributed by atoms with van der Waals surface area (Å²) < 4.78 is 121. The average molecular weight is 1550 g/mol. The molecule has 12 amide bonds. The average Bonchev–Trinajstić information content (AvgIpc) is 1.17. The van der Waals surface area contributed by atoms with E-state index in [4.69, 9.17) is 4.74 Å². The number of unbranched alkanes of at least 4 members (excludes halogenated alkanes) is 1. The highest BCUT2D eigenvalue weighted by atomic mass is 19.4. The third kappa shape index (κ3) is 21.3. The molecule has 3 heterocycles. The van der Waals surface area contributed by atoms with Crippen molar-refractivity contribution in [3.8, 4) is 0 Å². The predicted octanol–water partition coefficient (Wildman–Crippen LogP) is 6.50. The molecule has 2 bridgehead atoms. The molecule has 6 fully saturated rings. The summed E-state index contributed by atoms with van der Waals surface area (Å²) in [5.74, 6) is -16.8. The lowest BCUT2D eigenvalue weighted by atomic mass is 9.74. The van der Waals surface area contributed by atoms with Gasteiger partial charge in [-0.3, -0.25) is 57.5 Å². The second kappa shape index (κ2) is 38.1. The lowest BCUT2D eigenvalue weighted by Crippen LogP contribution is -2.68. The van der Waals surface area contributed by atoms with E-state index >= 15 is 37.5 Å². The summed E-state index contributed by atoms with van der Waals surface area (Å²) in [4.78, 5) is 191. The van der Waals surface area contributed by atoms with Crippen LogP contribution in [0.4, 0.5) is 35.1 Å². The van der Waals surface area contributed by atoms with Crippen molar-refractivity contribution >= 4 is 70.9 Å². The summed E-state index contributed by atoms with van der Waals surface area (Å²) >= 11 is 0. The molecule has 2 unspecified atom stereocenters. The molecule has 108 heavy (non-hydrogen) atoms. The van der Waals surface area contributed by atoms with E-state index in [9.17, 15) is 55.1 Å². The fraction of sp³-hybridized carbons (Fsp3) is 0.813. The van der Waals surface area contributed by atoms with Crippen LogP contribution in [0.1, 0.15) is 182 Å². The van der Waals surface area contributed by atoms with Gasteiger partial charge in [0.15, 0.2) is 0 Å². The van der Waals surface area contributed by atoms with E-state index in [0.717, 1.165) is 24.5 Å². The summed E-state index contributed by atoms with van der Waals surface area (Å²) in [6, 6.07) is -11.3. The molecule has 0 aromatic rings. The van der Waals surface area contributed by atoms with Crippen LogP contribution in [0.25, 0.3) is 0 Å². The zero-order valence-electron chi connectivity index (χ0n) is 64.8. The van der Waals surface area contributed by atoms with Gasteiger partial charge in [0.1, 0.15) is 72.1 Å². The number of alkyl halides is 8. The van der Waals surface area contributed by atoms with E-state index in [1.165, 1.54) is 76.0 Å². The molecular formula is C75H116F8N12O13. The molecule has 3 N–H and O–H groups in total. The van der Waals surface area contributed by atoms with Gasteiger partial charge in [0.25, 0.3) is 0 Å². The van der Waals surface area contributed by atoms with Crippen LogP contribution >= 0.6 is 0 Å². The van der Waals surface area contributed by atoms with Gasteiger partial charge in [0.2, 0.25) is 70.9 Å². The zero-order chi connectivity index (χ0) is 80.2. The minimum Gasteiger partial charge on any atom is -0.377 e. The van der Waals surface area contributed by atoms with Crippen molar-refractivity contribution < 1.29 is 97.4 Å². The number of nitrogens with one attached hydrogen (secondary N) is 3. The molecule has 0 radical (unpaired) electrons. The second-order valence-electron chi connectivity index (χ2n) is 31.7. The Morgan fingerprint density at radius 2 is 1.27 bits per heavy atom. The van der Waals surface area contributed by atoms with Gasteiger partial charge in [-0.1, -0.05) is 65.0 Å². The number of hydrogen-bond acceptors (Lipinski definition) is 13. The smallest absolute Gasteiger partial charge is 0.377 e. The molecule has 3 aliphatic heterocycles. The first-order chi connectivity index (χ1) is 50.7. The van der Waals surface area contributed by atoms with Gasteiger partial charge >= 0.3 is 12.4 Å². The van der Waals surface area contributed by atoms with Crippen molar-refractivity contribution in [2.75, 3.05) is 89.2 Å². The first-order valence-corrected chi connectivity index (χ1v) is 38.7. The predicted molar refractivity (Wildman–Crippen MR) is 381 cm³/mol. The summed E-state index contributed by atoms with van der Waals surface area (Å²) in [6.07, 6.45) is -12.1. The first-order valence-electron chi connectivity index (χ1n) is 38.7. The van der Waals surface area contributed by atoms with Crippen LogP contribution in [-0.4, -0.2) is 289 Å². The standard InChI is InChI=1S/C75H116F8N12O13/c1-13-16-25-53-64(99)85-62(44(4)14-2)70(105)89(8)43-60(98)91(10)54-26-18-17-21-35-94(69(54)104)57(38-45-27-30-48(31-28-45)74(78,79)80)68(103)88(7)42-58(96)84-52(32-29-46-36-50(76)61(51(77)37-46)75(81,82)83)66(101)95-41-49(108-15-3)39-55(95)65(100)86-73(33-22-34-73)72(107)93(12)63(47-23-19-20-24-47)71(106)92(11)56(67(102)87(5)6)40-59(97)90(53)9/h17-18,44-57,61-63H,13-16,19-43H2,1-12H3,(H,84,96)(H,85,99)(H,86,100)/b18-17-/t44-,45?,46?,48?,49+,50?,51?,52-,53-,54-,55-,56-,57-,61?,62-,63-/m0/s1. The van der Waals surface area contributed by atoms with Gasteiger partial charge in [0.05, 0.1) is 31.5 Å². The molecule has 7 rings (SSSR count). The lowest BCUT2D eigenvalue weighted by Gasteiger charge is -2.46. The third-order valence-corrected chi connectivity index (χ3v) is 24.0. The number of fused-ring (bicyclic) bond motifs is 3. The number of likely N-dealkylation sites (N-methyl/N-ethyl adjacent to an activating group) is 7. The van der Waals surface area contributed by atoms with Crippen LogP contribution in [0.5, 0.6) is 0 Å². The first kappa shape index (κ1) is 88.0. The van der Waals surface area contributed by atoms with Crippen molar-refractivity contribution in [1.82, 2.24) is 60.0 Å². The minimum atomic E-state index is -5.22.